The van der Waals surface area contributed by atoms with Gasteiger partial charge in [-0.3, -0.25) is 0 Å². The molecule has 0 radical (unpaired) electrons. The van der Waals surface area contributed by atoms with E-state index in [1.165, 1.54) is 38.6 Å². The van der Waals surface area contributed by atoms with Gasteiger partial charge in [0, 0.05) is 44.0 Å². The second-order valence-corrected chi connectivity index (χ2v) is 15.0. The van der Waals surface area contributed by atoms with Crippen molar-refractivity contribution in [3.8, 4) is 39.1 Å². The second kappa shape index (κ2) is 13.8. The van der Waals surface area contributed by atoms with Gasteiger partial charge in [-0.25, -0.2) is 0 Å². The number of anilines is 3. The molecule has 3 heteroatoms. The third-order valence-electron chi connectivity index (χ3n) is 11.5. The number of hydrogen-bond acceptors (Lipinski definition) is 2. The molecule has 0 N–H and O–H groups in total. The molecule has 0 bridgehead atoms. The molecule has 0 atom stereocenters. The van der Waals surface area contributed by atoms with Crippen LogP contribution in [0.4, 0.5) is 17.1 Å². The molecule has 0 spiro atoms. The van der Waals surface area contributed by atoms with Gasteiger partial charge in [-0.2, -0.15) is 0 Å². The zero-order chi connectivity index (χ0) is 38.6. The predicted molar refractivity (Wildman–Crippen MR) is 244 cm³/mol. The topological polar surface area (TPSA) is 21.3 Å². The fourth-order valence-corrected chi connectivity index (χ4v) is 8.75. The smallest absolute Gasteiger partial charge is 0.143 e. The first-order chi connectivity index (χ1) is 28.7. The first-order valence-corrected chi connectivity index (χ1v) is 19.8. The van der Waals surface area contributed by atoms with Gasteiger partial charge in [0.2, 0.25) is 0 Å². The lowest BCUT2D eigenvalue weighted by Crippen LogP contribution is -2.10. The molecule has 0 fully saturated rings. The van der Waals surface area contributed by atoms with Gasteiger partial charge in [-0.1, -0.05) is 158 Å². The van der Waals surface area contributed by atoms with Gasteiger partial charge in [-0.05, 0) is 89.3 Å². The summed E-state index contributed by atoms with van der Waals surface area (Å²) in [6, 6.07) is 76.3. The van der Waals surface area contributed by atoms with E-state index in [0.717, 1.165) is 66.8 Å². The lowest BCUT2D eigenvalue weighted by molar-refractivity contribution is 0.670. The average molecular weight is 743 g/mol. The molecule has 0 aliphatic rings. The standard InChI is InChI=1S/C55H38N2O/c1-37-26-35-44(46-20-12-21-47-45-18-9-11-25-53(45)58-55(46)47)52(36-37)57-49-22-10-8-19-48(49)54-50(23-13-24-51(54)57)56(42-31-27-40(28-32-42)38-14-4-2-5-15-38)43-33-29-41(30-34-43)39-16-6-3-7-17-39/h2-36H,1H3. The highest BCUT2D eigenvalue weighted by Gasteiger charge is 2.23. The van der Waals surface area contributed by atoms with Crippen molar-refractivity contribution >= 4 is 60.8 Å². The minimum atomic E-state index is 0.897. The minimum absolute atomic E-state index is 0.897. The molecule has 0 saturated carbocycles. The van der Waals surface area contributed by atoms with E-state index in [0.29, 0.717) is 0 Å². The highest BCUT2D eigenvalue weighted by Crippen LogP contribution is 2.46. The van der Waals surface area contributed by atoms with Crippen LogP contribution in [0.5, 0.6) is 0 Å². The van der Waals surface area contributed by atoms with Gasteiger partial charge in [0.05, 0.1) is 22.4 Å². The lowest BCUT2D eigenvalue weighted by Gasteiger charge is -2.27. The largest absolute Gasteiger partial charge is 0.455 e. The SMILES string of the molecule is Cc1ccc(-c2cccc3c2oc2ccccc23)c(-n2c3ccccc3c3c(N(c4ccc(-c5ccccc5)cc4)c4ccc(-c5ccccc5)cc4)cccc32)c1. The summed E-state index contributed by atoms with van der Waals surface area (Å²) >= 11 is 0. The summed E-state index contributed by atoms with van der Waals surface area (Å²) in [6.07, 6.45) is 0. The van der Waals surface area contributed by atoms with Crippen LogP contribution in [0.15, 0.2) is 217 Å². The fraction of sp³-hybridized carbons (Fsp3) is 0.0182. The van der Waals surface area contributed by atoms with Crippen molar-refractivity contribution in [2.24, 2.45) is 0 Å². The molecular weight excluding hydrogens is 705 g/mol. The minimum Gasteiger partial charge on any atom is -0.455 e. The van der Waals surface area contributed by atoms with Gasteiger partial charge < -0.3 is 13.9 Å². The van der Waals surface area contributed by atoms with E-state index in [-0.39, 0.29) is 0 Å². The first-order valence-electron chi connectivity index (χ1n) is 19.8. The Bertz CT molecular complexity index is 3180. The Kier molecular flexibility index (Phi) is 8.04. The van der Waals surface area contributed by atoms with Crippen molar-refractivity contribution in [2.45, 2.75) is 6.92 Å². The average Bonchev–Trinajstić information content (AvgIpc) is 3.84. The number of nitrogens with zero attached hydrogens (tertiary/aromatic N) is 2. The molecule has 3 nitrogen and oxygen atoms in total. The molecule has 11 rings (SSSR count). The summed E-state index contributed by atoms with van der Waals surface area (Å²) < 4.78 is 9.07. The highest BCUT2D eigenvalue weighted by atomic mass is 16.3. The summed E-state index contributed by atoms with van der Waals surface area (Å²) in [6.45, 7) is 2.17. The number of aryl methyl sites for hydroxylation is 1. The summed E-state index contributed by atoms with van der Waals surface area (Å²) in [5, 5.41) is 4.63. The van der Waals surface area contributed by atoms with E-state index in [4.69, 9.17) is 4.42 Å². The van der Waals surface area contributed by atoms with E-state index in [1.54, 1.807) is 0 Å². The summed E-state index contributed by atoms with van der Waals surface area (Å²) in [5.74, 6) is 0. The summed E-state index contributed by atoms with van der Waals surface area (Å²) in [7, 11) is 0. The van der Waals surface area contributed by atoms with E-state index in [9.17, 15) is 0 Å². The molecular formula is C55H38N2O. The van der Waals surface area contributed by atoms with E-state index >= 15 is 0 Å². The quantitative estimate of drug-likeness (QED) is 0.162. The Balaban J connectivity index is 1.15. The maximum absolute atomic E-state index is 6.62. The van der Waals surface area contributed by atoms with Crippen LogP contribution in [-0.2, 0) is 0 Å². The molecule has 11 aromatic rings. The summed E-state index contributed by atoms with van der Waals surface area (Å²) in [4.78, 5) is 2.41. The third-order valence-corrected chi connectivity index (χ3v) is 11.5. The molecule has 0 aliphatic carbocycles. The number of para-hydroxylation sites is 3. The van der Waals surface area contributed by atoms with E-state index in [1.807, 2.05) is 6.07 Å². The van der Waals surface area contributed by atoms with Gasteiger partial charge >= 0.3 is 0 Å². The molecule has 0 amide bonds. The van der Waals surface area contributed by atoms with E-state index < -0.39 is 0 Å². The molecule has 274 valence electrons. The molecule has 0 saturated heterocycles. The van der Waals surface area contributed by atoms with Crippen LogP contribution in [0.1, 0.15) is 5.56 Å². The second-order valence-electron chi connectivity index (χ2n) is 15.0. The van der Waals surface area contributed by atoms with Gasteiger partial charge in [-0.15, -0.1) is 0 Å². The maximum Gasteiger partial charge on any atom is 0.143 e. The Labute approximate surface area is 337 Å². The predicted octanol–water partition coefficient (Wildman–Crippen LogP) is 15.5. The fourth-order valence-electron chi connectivity index (χ4n) is 8.75. The Morgan fingerprint density at radius 2 is 0.966 bits per heavy atom. The van der Waals surface area contributed by atoms with Crippen molar-refractivity contribution in [1.29, 1.82) is 0 Å². The molecule has 58 heavy (non-hydrogen) atoms. The molecule has 0 unspecified atom stereocenters. The normalized spacial score (nSPS) is 11.5. The number of benzene rings is 9. The zero-order valence-electron chi connectivity index (χ0n) is 32.0. The van der Waals surface area contributed by atoms with Gasteiger partial charge in [0.25, 0.3) is 0 Å². The van der Waals surface area contributed by atoms with Crippen LogP contribution in [-0.4, -0.2) is 4.57 Å². The summed E-state index contributed by atoms with van der Waals surface area (Å²) in [5.41, 5.74) is 16.6. The van der Waals surface area contributed by atoms with Crippen LogP contribution in [0.2, 0.25) is 0 Å². The number of rotatable bonds is 7. The van der Waals surface area contributed by atoms with Crippen LogP contribution in [0, 0.1) is 6.92 Å². The first kappa shape index (κ1) is 33.7. The van der Waals surface area contributed by atoms with Gasteiger partial charge in [0.1, 0.15) is 11.2 Å². The van der Waals surface area contributed by atoms with Crippen LogP contribution < -0.4 is 4.90 Å². The molecule has 9 aromatic carbocycles. The Morgan fingerprint density at radius 3 is 1.66 bits per heavy atom. The molecule has 2 heterocycles. The van der Waals surface area contributed by atoms with Crippen LogP contribution in [0.25, 0.3) is 82.8 Å². The zero-order valence-corrected chi connectivity index (χ0v) is 32.0. The van der Waals surface area contributed by atoms with Crippen molar-refractivity contribution in [3.63, 3.8) is 0 Å². The Morgan fingerprint density at radius 1 is 0.414 bits per heavy atom. The van der Waals surface area contributed by atoms with Crippen LogP contribution >= 0.6 is 0 Å². The van der Waals surface area contributed by atoms with Gasteiger partial charge in [0.15, 0.2) is 0 Å². The number of hydrogen-bond donors (Lipinski definition) is 0. The molecule has 0 aliphatic heterocycles. The lowest BCUT2D eigenvalue weighted by atomic mass is 9.99. The van der Waals surface area contributed by atoms with Crippen molar-refractivity contribution in [3.05, 3.63) is 218 Å². The highest BCUT2D eigenvalue weighted by molar-refractivity contribution is 6.17. The number of furan rings is 1. The van der Waals surface area contributed by atoms with Crippen molar-refractivity contribution < 1.29 is 4.42 Å². The van der Waals surface area contributed by atoms with E-state index in [2.05, 4.69) is 223 Å². The van der Waals surface area contributed by atoms with Crippen LogP contribution in [0.3, 0.4) is 0 Å². The monoisotopic (exact) mass is 742 g/mol. The Hall–Kier alpha value is -7.62. The van der Waals surface area contributed by atoms with Crippen molar-refractivity contribution in [1.82, 2.24) is 4.57 Å². The van der Waals surface area contributed by atoms with Crippen molar-refractivity contribution in [2.75, 3.05) is 4.90 Å². The molecule has 2 aromatic heterocycles. The maximum atomic E-state index is 6.62. The number of fused-ring (bicyclic) bond motifs is 6. The number of aromatic nitrogens is 1. The third kappa shape index (κ3) is 5.59.